The molecule has 0 aliphatic carbocycles. The number of alkyl carbamates (subject to hydrolysis) is 1. The average Bonchev–Trinajstić information content (AvgIpc) is 2.55. The van der Waals surface area contributed by atoms with Gasteiger partial charge in [-0.05, 0) is 31.2 Å². The van der Waals surface area contributed by atoms with Gasteiger partial charge >= 0.3 is 6.09 Å². The molecule has 1 N–H and O–H groups in total. The molecule has 7 heteroatoms. The van der Waals surface area contributed by atoms with Crippen molar-refractivity contribution in [3.8, 4) is 0 Å². The Hall–Kier alpha value is -2.15. The summed E-state index contributed by atoms with van der Waals surface area (Å²) in [6.07, 6.45) is -0.748. The quantitative estimate of drug-likeness (QED) is 0.909. The Balaban J connectivity index is 1.87. The number of piperazine rings is 1. The van der Waals surface area contributed by atoms with Gasteiger partial charge in [0, 0.05) is 31.9 Å². The molecule has 1 aliphatic heterocycles. The smallest absolute Gasteiger partial charge is 0.413 e. The van der Waals surface area contributed by atoms with Gasteiger partial charge in [-0.15, -0.1) is 0 Å². The summed E-state index contributed by atoms with van der Waals surface area (Å²) in [4.78, 5) is 27.1. The molecule has 2 rings (SSSR count). The molecule has 0 radical (unpaired) electrons. The van der Waals surface area contributed by atoms with Crippen LogP contribution in [0.15, 0.2) is 24.3 Å². The van der Waals surface area contributed by atoms with Gasteiger partial charge in [-0.1, -0.05) is 0 Å². The number of anilines is 1. The lowest BCUT2D eigenvalue weighted by Gasteiger charge is -2.38. The zero-order valence-corrected chi connectivity index (χ0v) is 12.7. The number of imide groups is 1. The van der Waals surface area contributed by atoms with Gasteiger partial charge in [0.25, 0.3) is 0 Å². The number of methoxy groups -OCH3 is 1. The summed E-state index contributed by atoms with van der Waals surface area (Å²) in [5, 5.41) is 2.18. The van der Waals surface area contributed by atoms with Crippen molar-refractivity contribution < 1.29 is 18.7 Å². The van der Waals surface area contributed by atoms with Gasteiger partial charge < -0.3 is 9.64 Å². The maximum absolute atomic E-state index is 12.9. The second-order valence-electron chi connectivity index (χ2n) is 5.16. The fourth-order valence-corrected chi connectivity index (χ4v) is 2.44. The van der Waals surface area contributed by atoms with Crippen molar-refractivity contribution in [1.29, 1.82) is 0 Å². The van der Waals surface area contributed by atoms with Gasteiger partial charge in [0.05, 0.1) is 13.2 Å². The van der Waals surface area contributed by atoms with E-state index >= 15 is 0 Å². The first kappa shape index (κ1) is 16.2. The minimum atomic E-state index is -0.748. The highest BCUT2D eigenvalue weighted by atomic mass is 19.1. The first-order valence-corrected chi connectivity index (χ1v) is 7.14. The van der Waals surface area contributed by atoms with Crippen molar-refractivity contribution in [1.82, 2.24) is 10.2 Å². The number of ether oxygens (including phenoxy) is 1. The summed E-state index contributed by atoms with van der Waals surface area (Å²) >= 11 is 0. The molecule has 22 heavy (non-hydrogen) atoms. The van der Waals surface area contributed by atoms with Crippen LogP contribution in [0.4, 0.5) is 14.9 Å². The van der Waals surface area contributed by atoms with Crippen molar-refractivity contribution in [2.45, 2.75) is 13.0 Å². The molecule has 0 saturated carbocycles. The lowest BCUT2D eigenvalue weighted by molar-refractivity contribution is -0.125. The Bertz CT molecular complexity index is 527. The molecule has 0 aromatic heterocycles. The van der Waals surface area contributed by atoms with Gasteiger partial charge in [-0.3, -0.25) is 15.0 Å². The molecule has 120 valence electrons. The topological polar surface area (TPSA) is 61.9 Å². The van der Waals surface area contributed by atoms with Crippen LogP contribution in [0.1, 0.15) is 6.92 Å². The first-order valence-electron chi connectivity index (χ1n) is 7.14. The summed E-state index contributed by atoms with van der Waals surface area (Å²) in [6.45, 7) is 4.61. The van der Waals surface area contributed by atoms with Gasteiger partial charge in [0.1, 0.15) is 5.82 Å². The summed E-state index contributed by atoms with van der Waals surface area (Å²) in [5.74, 6) is -0.627. The number of hydrogen-bond acceptors (Lipinski definition) is 5. The lowest BCUT2D eigenvalue weighted by atomic mass is 10.2. The van der Waals surface area contributed by atoms with Gasteiger partial charge in [0.2, 0.25) is 5.91 Å². The van der Waals surface area contributed by atoms with Crippen LogP contribution in [0.3, 0.4) is 0 Å². The van der Waals surface area contributed by atoms with Crippen LogP contribution in [-0.2, 0) is 9.53 Å². The van der Waals surface area contributed by atoms with E-state index in [2.05, 4.69) is 15.0 Å². The summed E-state index contributed by atoms with van der Waals surface area (Å²) in [5.41, 5.74) is 0.965. The zero-order chi connectivity index (χ0) is 16.1. The minimum absolute atomic E-state index is 0.254. The van der Waals surface area contributed by atoms with E-state index < -0.39 is 12.1 Å². The second-order valence-corrected chi connectivity index (χ2v) is 5.16. The van der Waals surface area contributed by atoms with Crippen LogP contribution in [0.5, 0.6) is 0 Å². The Morgan fingerprint density at radius 3 is 2.32 bits per heavy atom. The molecule has 1 fully saturated rings. The maximum atomic E-state index is 12.9. The number of rotatable bonds is 3. The second kappa shape index (κ2) is 7.22. The number of amides is 2. The molecule has 6 nitrogen and oxygen atoms in total. The average molecular weight is 309 g/mol. The number of benzene rings is 1. The monoisotopic (exact) mass is 309 g/mol. The summed E-state index contributed by atoms with van der Waals surface area (Å²) < 4.78 is 17.3. The molecule has 0 bridgehead atoms. The molecule has 1 heterocycles. The molecule has 1 aromatic carbocycles. The van der Waals surface area contributed by atoms with Crippen LogP contribution in [0.25, 0.3) is 0 Å². The molecular formula is C15H20FN3O3. The number of nitrogens with one attached hydrogen (secondary N) is 1. The summed E-state index contributed by atoms with van der Waals surface area (Å²) in [7, 11) is 1.22. The van der Waals surface area contributed by atoms with E-state index in [9.17, 15) is 14.0 Å². The van der Waals surface area contributed by atoms with Crippen molar-refractivity contribution >= 4 is 17.7 Å². The third kappa shape index (κ3) is 3.94. The van der Waals surface area contributed by atoms with Crippen molar-refractivity contribution in [3.05, 3.63) is 30.1 Å². The minimum Gasteiger partial charge on any atom is -0.453 e. The fraction of sp³-hybridized carbons (Fsp3) is 0.467. The van der Waals surface area contributed by atoms with E-state index in [-0.39, 0.29) is 11.7 Å². The molecule has 0 unspecified atom stereocenters. The first-order chi connectivity index (χ1) is 10.5. The number of halogens is 1. The fourth-order valence-electron chi connectivity index (χ4n) is 2.44. The predicted octanol–water partition coefficient (Wildman–Crippen LogP) is 1.22. The highest BCUT2D eigenvalue weighted by Gasteiger charge is 2.26. The van der Waals surface area contributed by atoms with Crippen LogP contribution in [0.2, 0.25) is 0 Å². The molecule has 1 saturated heterocycles. The molecule has 1 atom stereocenters. The largest absolute Gasteiger partial charge is 0.453 e. The molecule has 2 amide bonds. The van der Waals surface area contributed by atoms with Crippen molar-refractivity contribution in [2.75, 3.05) is 38.2 Å². The Labute approximate surface area is 128 Å². The Morgan fingerprint density at radius 2 is 1.77 bits per heavy atom. The Morgan fingerprint density at radius 1 is 1.18 bits per heavy atom. The van der Waals surface area contributed by atoms with Crippen LogP contribution >= 0.6 is 0 Å². The van der Waals surface area contributed by atoms with Crippen LogP contribution in [-0.4, -0.2) is 56.2 Å². The van der Waals surface area contributed by atoms with E-state index in [4.69, 9.17) is 0 Å². The standard InChI is InChI=1S/C15H20FN3O3/c1-11(14(20)17-15(21)22-2)18-7-9-19(10-8-18)13-5-3-12(16)4-6-13/h3-6,11H,7-10H2,1-2H3,(H,17,20,21)/t11-/m1/s1. The zero-order valence-electron chi connectivity index (χ0n) is 12.7. The van der Waals surface area contributed by atoms with E-state index in [0.717, 1.165) is 18.8 Å². The van der Waals surface area contributed by atoms with E-state index in [1.165, 1.54) is 19.2 Å². The Kier molecular flexibility index (Phi) is 5.32. The van der Waals surface area contributed by atoms with E-state index in [1.807, 2.05) is 4.90 Å². The number of carbonyl (C=O) groups is 2. The normalized spacial score (nSPS) is 17.0. The highest BCUT2D eigenvalue weighted by Crippen LogP contribution is 2.17. The van der Waals surface area contributed by atoms with Gasteiger partial charge in [-0.2, -0.15) is 0 Å². The van der Waals surface area contributed by atoms with Gasteiger partial charge in [-0.25, -0.2) is 9.18 Å². The van der Waals surface area contributed by atoms with E-state index in [1.54, 1.807) is 19.1 Å². The highest BCUT2D eigenvalue weighted by molar-refractivity contribution is 5.94. The molecular weight excluding hydrogens is 289 g/mol. The third-order valence-corrected chi connectivity index (χ3v) is 3.84. The number of nitrogens with zero attached hydrogens (tertiary/aromatic N) is 2. The number of hydrogen-bond donors (Lipinski definition) is 1. The summed E-state index contributed by atoms with van der Waals surface area (Å²) in [6, 6.07) is 5.97. The third-order valence-electron chi connectivity index (χ3n) is 3.84. The van der Waals surface area contributed by atoms with Crippen molar-refractivity contribution in [3.63, 3.8) is 0 Å². The predicted molar refractivity (Wildman–Crippen MR) is 80.2 cm³/mol. The van der Waals surface area contributed by atoms with Crippen LogP contribution < -0.4 is 10.2 Å². The van der Waals surface area contributed by atoms with E-state index in [0.29, 0.717) is 13.1 Å². The SMILES string of the molecule is COC(=O)NC(=O)[C@@H](C)N1CCN(c2ccc(F)cc2)CC1. The molecule has 0 spiro atoms. The lowest BCUT2D eigenvalue weighted by Crippen LogP contribution is -2.54. The van der Waals surface area contributed by atoms with Crippen LogP contribution in [0, 0.1) is 5.82 Å². The molecule has 1 aliphatic rings. The maximum Gasteiger partial charge on any atom is 0.413 e. The molecule has 1 aromatic rings. The van der Waals surface area contributed by atoms with Gasteiger partial charge in [0.15, 0.2) is 0 Å². The van der Waals surface area contributed by atoms with Crippen molar-refractivity contribution in [2.24, 2.45) is 0 Å². The number of carbonyl (C=O) groups excluding carboxylic acids is 2.